The molecule has 0 saturated carbocycles. The molecule has 0 aliphatic rings. The smallest absolute Gasteiger partial charge is 0.253 e. The van der Waals surface area contributed by atoms with Crippen LogP contribution in [0, 0.1) is 6.92 Å². The quantitative estimate of drug-likeness (QED) is 0.523. The van der Waals surface area contributed by atoms with Crippen molar-refractivity contribution in [3.63, 3.8) is 0 Å². The van der Waals surface area contributed by atoms with Crippen molar-refractivity contribution in [2.75, 3.05) is 5.73 Å². The van der Waals surface area contributed by atoms with Gasteiger partial charge in [0, 0.05) is 16.8 Å². The number of aromatic hydroxyl groups is 1. The van der Waals surface area contributed by atoms with Gasteiger partial charge in [-0.15, -0.1) is 0 Å². The number of anilines is 1. The van der Waals surface area contributed by atoms with Crippen LogP contribution < -0.4 is 22.0 Å². The monoisotopic (exact) mass is 429 g/mol. The standard InChI is InChI=1S/C26H27N3O3/c1-4-6-21-22(12-10-16(2)19-8-5-7-18(13-19)15-30)29(25(27)24(21)26(28)32)23-14-20(31)11-9-17(23)3/h5-15,31H,4,27H2,1-3H3,(H2,28,32)/b16-10+,21-6-,22-12+. The average Bonchev–Trinajstić information content (AvgIpc) is 3.05. The molecule has 1 amide bonds. The first kappa shape index (κ1) is 22.6. The highest BCUT2D eigenvalue weighted by Gasteiger charge is 2.19. The Morgan fingerprint density at radius 2 is 1.94 bits per heavy atom. The Bertz CT molecular complexity index is 1350. The maximum absolute atomic E-state index is 12.3. The predicted molar refractivity (Wildman–Crippen MR) is 129 cm³/mol. The Morgan fingerprint density at radius 3 is 2.59 bits per heavy atom. The van der Waals surface area contributed by atoms with E-state index in [1.807, 2.05) is 57.2 Å². The molecule has 0 unspecified atom stereocenters. The van der Waals surface area contributed by atoms with Crippen LogP contribution in [0.4, 0.5) is 5.82 Å². The number of allylic oxidation sites excluding steroid dienone is 2. The normalized spacial score (nSPS) is 12.9. The Morgan fingerprint density at radius 1 is 1.19 bits per heavy atom. The van der Waals surface area contributed by atoms with E-state index in [1.54, 1.807) is 28.8 Å². The zero-order chi connectivity index (χ0) is 23.4. The second kappa shape index (κ2) is 9.39. The van der Waals surface area contributed by atoms with Crippen LogP contribution in [0.1, 0.15) is 52.1 Å². The van der Waals surface area contributed by atoms with Crippen molar-refractivity contribution >= 4 is 35.7 Å². The summed E-state index contributed by atoms with van der Waals surface area (Å²) >= 11 is 0. The molecular weight excluding hydrogens is 402 g/mol. The number of aromatic nitrogens is 1. The van der Waals surface area contributed by atoms with Crippen molar-refractivity contribution in [2.24, 2.45) is 5.73 Å². The number of carbonyl (C=O) groups is 2. The lowest BCUT2D eigenvalue weighted by Crippen LogP contribution is -2.32. The Balaban J connectivity index is 2.38. The van der Waals surface area contributed by atoms with E-state index in [0.717, 1.165) is 23.0 Å². The zero-order valence-electron chi connectivity index (χ0n) is 18.4. The van der Waals surface area contributed by atoms with Gasteiger partial charge in [-0.05, 0) is 55.2 Å². The Kier molecular flexibility index (Phi) is 6.64. The molecule has 0 spiro atoms. The number of aldehydes is 1. The number of phenolic OH excluding ortho intramolecular Hbond substituents is 1. The van der Waals surface area contributed by atoms with E-state index in [4.69, 9.17) is 11.5 Å². The topological polar surface area (TPSA) is 111 Å². The number of rotatable bonds is 6. The predicted octanol–water partition coefficient (Wildman–Crippen LogP) is 3.06. The number of nitrogen functional groups attached to an aromatic ring is 1. The average molecular weight is 430 g/mol. The number of phenols is 1. The lowest BCUT2D eigenvalue weighted by Gasteiger charge is -2.11. The van der Waals surface area contributed by atoms with Crippen LogP contribution in [0.15, 0.2) is 48.5 Å². The van der Waals surface area contributed by atoms with E-state index in [2.05, 4.69) is 0 Å². The molecule has 0 fully saturated rings. The van der Waals surface area contributed by atoms with Gasteiger partial charge in [-0.2, -0.15) is 0 Å². The molecule has 2 aromatic carbocycles. The van der Waals surface area contributed by atoms with Crippen LogP contribution in [0.25, 0.3) is 23.4 Å². The first-order valence-corrected chi connectivity index (χ1v) is 10.3. The summed E-state index contributed by atoms with van der Waals surface area (Å²) in [7, 11) is 0. The summed E-state index contributed by atoms with van der Waals surface area (Å²) < 4.78 is 1.74. The summed E-state index contributed by atoms with van der Waals surface area (Å²) in [6.45, 7) is 5.81. The van der Waals surface area contributed by atoms with Gasteiger partial charge < -0.3 is 16.6 Å². The number of aryl methyl sites for hydroxylation is 1. The number of nitrogens with two attached hydrogens (primary N) is 2. The highest BCUT2D eigenvalue weighted by molar-refractivity contribution is 5.98. The minimum atomic E-state index is -0.618. The second-order valence-corrected chi connectivity index (χ2v) is 7.60. The van der Waals surface area contributed by atoms with E-state index in [-0.39, 0.29) is 17.1 Å². The Hall–Kier alpha value is -4.06. The van der Waals surface area contributed by atoms with Gasteiger partial charge in [-0.1, -0.05) is 43.3 Å². The Labute approximate surface area is 186 Å². The minimum Gasteiger partial charge on any atom is -0.508 e. The first-order chi connectivity index (χ1) is 15.3. The maximum Gasteiger partial charge on any atom is 0.253 e. The molecule has 5 N–H and O–H groups in total. The molecule has 0 aliphatic heterocycles. The van der Waals surface area contributed by atoms with Crippen LogP contribution in [-0.2, 0) is 0 Å². The number of carbonyl (C=O) groups excluding carboxylic acids is 2. The number of hydrogen-bond acceptors (Lipinski definition) is 4. The first-order valence-electron chi connectivity index (χ1n) is 10.3. The van der Waals surface area contributed by atoms with Crippen molar-refractivity contribution in [3.05, 3.63) is 81.4 Å². The van der Waals surface area contributed by atoms with Crippen molar-refractivity contribution in [1.29, 1.82) is 0 Å². The third-order valence-electron chi connectivity index (χ3n) is 5.34. The lowest BCUT2D eigenvalue weighted by atomic mass is 10.0. The largest absolute Gasteiger partial charge is 0.508 e. The van der Waals surface area contributed by atoms with Gasteiger partial charge in [0.1, 0.15) is 17.9 Å². The van der Waals surface area contributed by atoms with Crippen molar-refractivity contribution < 1.29 is 14.7 Å². The van der Waals surface area contributed by atoms with Gasteiger partial charge in [0.05, 0.1) is 16.6 Å². The van der Waals surface area contributed by atoms with E-state index in [9.17, 15) is 14.7 Å². The molecule has 6 nitrogen and oxygen atoms in total. The van der Waals surface area contributed by atoms with E-state index in [0.29, 0.717) is 28.2 Å². The van der Waals surface area contributed by atoms with Gasteiger partial charge in [0.25, 0.3) is 5.91 Å². The van der Waals surface area contributed by atoms with Crippen LogP contribution in [0.3, 0.4) is 0 Å². The van der Waals surface area contributed by atoms with Gasteiger partial charge in [-0.25, -0.2) is 0 Å². The molecule has 1 aromatic heterocycles. The third-order valence-corrected chi connectivity index (χ3v) is 5.34. The van der Waals surface area contributed by atoms with E-state index >= 15 is 0 Å². The molecular formula is C26H27N3O3. The minimum absolute atomic E-state index is 0.0868. The maximum atomic E-state index is 12.3. The summed E-state index contributed by atoms with van der Waals surface area (Å²) in [5.74, 6) is -0.317. The summed E-state index contributed by atoms with van der Waals surface area (Å²) in [6.07, 6.45) is 7.17. The molecule has 164 valence electrons. The molecule has 3 aromatic rings. The molecule has 1 heterocycles. The second-order valence-electron chi connectivity index (χ2n) is 7.60. The van der Waals surface area contributed by atoms with Crippen molar-refractivity contribution in [1.82, 2.24) is 4.57 Å². The van der Waals surface area contributed by atoms with Gasteiger partial charge >= 0.3 is 0 Å². The number of primary amides is 1. The van der Waals surface area contributed by atoms with Gasteiger partial charge in [0.15, 0.2) is 0 Å². The van der Waals surface area contributed by atoms with Gasteiger partial charge in [0.2, 0.25) is 0 Å². The SMILES string of the molecule is CC\C=c1/c(C(N)=O)c(N)n(-c2cc(O)ccc2C)/c1=C/C=C(\C)c1cccc(C=O)c1. The molecule has 6 heteroatoms. The number of nitrogens with zero attached hydrogens (tertiary/aromatic N) is 1. The van der Waals surface area contributed by atoms with Crippen LogP contribution >= 0.6 is 0 Å². The fourth-order valence-electron chi connectivity index (χ4n) is 3.72. The molecule has 0 radical (unpaired) electrons. The molecule has 0 bridgehead atoms. The molecule has 0 saturated heterocycles. The summed E-state index contributed by atoms with van der Waals surface area (Å²) in [5.41, 5.74) is 16.3. The number of benzene rings is 2. The number of amides is 1. The molecule has 32 heavy (non-hydrogen) atoms. The summed E-state index contributed by atoms with van der Waals surface area (Å²) in [6, 6.07) is 12.3. The third kappa shape index (κ3) is 4.34. The van der Waals surface area contributed by atoms with Crippen LogP contribution in [0.5, 0.6) is 5.75 Å². The van der Waals surface area contributed by atoms with Crippen molar-refractivity contribution in [2.45, 2.75) is 27.2 Å². The van der Waals surface area contributed by atoms with Crippen molar-refractivity contribution in [3.8, 4) is 11.4 Å². The van der Waals surface area contributed by atoms with E-state index in [1.165, 1.54) is 0 Å². The zero-order valence-corrected chi connectivity index (χ0v) is 18.4. The molecule has 0 atom stereocenters. The lowest BCUT2D eigenvalue weighted by molar-refractivity contribution is 0.1000. The summed E-state index contributed by atoms with van der Waals surface area (Å²) in [5, 5.41) is 11.4. The highest BCUT2D eigenvalue weighted by Crippen LogP contribution is 2.22. The van der Waals surface area contributed by atoms with Gasteiger partial charge in [-0.3, -0.25) is 14.2 Å². The van der Waals surface area contributed by atoms with E-state index < -0.39 is 5.91 Å². The van der Waals surface area contributed by atoms with Crippen LogP contribution in [-0.4, -0.2) is 21.9 Å². The highest BCUT2D eigenvalue weighted by atomic mass is 16.3. The van der Waals surface area contributed by atoms with Crippen LogP contribution in [0.2, 0.25) is 0 Å². The number of hydrogen-bond donors (Lipinski definition) is 3. The summed E-state index contributed by atoms with van der Waals surface area (Å²) in [4.78, 5) is 23.4. The molecule has 3 rings (SSSR count). The fraction of sp³-hybridized carbons (Fsp3) is 0.154. The molecule has 0 aliphatic carbocycles. The fourth-order valence-corrected chi connectivity index (χ4v) is 3.72.